The van der Waals surface area contributed by atoms with Gasteiger partial charge in [0.25, 0.3) is 0 Å². The van der Waals surface area contributed by atoms with Crippen LogP contribution in [0.2, 0.25) is 0 Å². The smallest absolute Gasteiger partial charge is 0.0144 e. The molecule has 2 unspecified atom stereocenters. The van der Waals surface area contributed by atoms with Crippen molar-refractivity contribution in [3.63, 3.8) is 0 Å². The van der Waals surface area contributed by atoms with E-state index in [4.69, 9.17) is 11.6 Å². The maximum absolute atomic E-state index is 6.05. The van der Waals surface area contributed by atoms with Crippen molar-refractivity contribution in [1.82, 2.24) is 0 Å². The van der Waals surface area contributed by atoms with Crippen LogP contribution in [0.5, 0.6) is 0 Å². The summed E-state index contributed by atoms with van der Waals surface area (Å²) in [5.74, 6) is 1.71. The number of halogens is 1. The Hall–Kier alpha value is 0.0300. The van der Waals surface area contributed by atoms with E-state index in [1.807, 2.05) is 0 Å². The molecule has 1 aliphatic rings. The average Bonchev–Trinajstić information content (AvgIpc) is 2.14. The molecule has 0 aromatic carbocycles. The molecule has 0 N–H and O–H groups in total. The van der Waals surface area contributed by atoms with Crippen LogP contribution in [0.1, 0.15) is 52.4 Å². The number of rotatable bonds is 4. The van der Waals surface area contributed by atoms with Gasteiger partial charge in [0.05, 0.1) is 0 Å². The van der Waals surface area contributed by atoms with Gasteiger partial charge < -0.3 is 0 Å². The van der Waals surface area contributed by atoms with Gasteiger partial charge in [0, 0.05) is 5.03 Å². The second-order valence-electron chi connectivity index (χ2n) is 4.31. The molecule has 0 nitrogen and oxygen atoms in total. The SMILES string of the molecule is CCCCC(C)C1CCC=C(Cl)C1. The maximum Gasteiger partial charge on any atom is 0.0144 e. The lowest BCUT2D eigenvalue weighted by Gasteiger charge is -2.26. The molecule has 0 radical (unpaired) electrons. The molecule has 0 spiro atoms. The third-order valence-electron chi connectivity index (χ3n) is 3.18. The van der Waals surface area contributed by atoms with Crippen LogP contribution >= 0.6 is 11.6 Å². The van der Waals surface area contributed by atoms with Crippen molar-refractivity contribution >= 4 is 11.6 Å². The van der Waals surface area contributed by atoms with Gasteiger partial charge in [-0.25, -0.2) is 0 Å². The van der Waals surface area contributed by atoms with Crippen LogP contribution in [0.25, 0.3) is 0 Å². The summed E-state index contributed by atoms with van der Waals surface area (Å²) in [7, 11) is 0. The normalized spacial score (nSPS) is 25.5. The van der Waals surface area contributed by atoms with Crippen LogP contribution < -0.4 is 0 Å². The summed E-state index contributed by atoms with van der Waals surface area (Å²) in [5, 5.41) is 1.10. The van der Waals surface area contributed by atoms with Gasteiger partial charge in [-0.15, -0.1) is 0 Å². The van der Waals surface area contributed by atoms with Crippen molar-refractivity contribution < 1.29 is 0 Å². The molecule has 2 atom stereocenters. The molecule has 0 aliphatic heterocycles. The Morgan fingerprint density at radius 1 is 1.62 bits per heavy atom. The van der Waals surface area contributed by atoms with E-state index in [2.05, 4.69) is 19.9 Å². The predicted molar refractivity (Wildman–Crippen MR) is 60.0 cm³/mol. The van der Waals surface area contributed by atoms with Crippen LogP contribution in [-0.2, 0) is 0 Å². The summed E-state index contributed by atoms with van der Waals surface area (Å²) in [6.45, 7) is 4.65. The lowest BCUT2D eigenvalue weighted by atomic mass is 9.81. The van der Waals surface area contributed by atoms with E-state index in [0.717, 1.165) is 23.3 Å². The van der Waals surface area contributed by atoms with Gasteiger partial charge in [0.2, 0.25) is 0 Å². The minimum Gasteiger partial charge on any atom is -0.0895 e. The van der Waals surface area contributed by atoms with Gasteiger partial charge in [0.1, 0.15) is 0 Å². The lowest BCUT2D eigenvalue weighted by Crippen LogP contribution is -2.14. The number of allylic oxidation sites excluding steroid dienone is 2. The van der Waals surface area contributed by atoms with Crippen LogP contribution in [0.4, 0.5) is 0 Å². The number of unbranched alkanes of at least 4 members (excludes halogenated alkanes) is 1. The van der Waals surface area contributed by atoms with E-state index in [0.29, 0.717) is 0 Å². The average molecular weight is 201 g/mol. The number of hydrogen-bond donors (Lipinski definition) is 0. The van der Waals surface area contributed by atoms with E-state index < -0.39 is 0 Å². The Kier molecular flexibility index (Phi) is 4.87. The highest BCUT2D eigenvalue weighted by Gasteiger charge is 2.19. The van der Waals surface area contributed by atoms with Gasteiger partial charge in [-0.3, -0.25) is 0 Å². The minimum absolute atomic E-state index is 0.851. The van der Waals surface area contributed by atoms with Crippen molar-refractivity contribution in [2.75, 3.05) is 0 Å². The molecule has 0 aromatic rings. The molecule has 0 bridgehead atoms. The summed E-state index contributed by atoms with van der Waals surface area (Å²) in [6, 6.07) is 0. The Bertz CT molecular complexity index is 172. The zero-order valence-electron chi connectivity index (χ0n) is 8.85. The zero-order valence-corrected chi connectivity index (χ0v) is 9.61. The highest BCUT2D eigenvalue weighted by atomic mass is 35.5. The molecule has 76 valence electrons. The fourth-order valence-corrected chi connectivity index (χ4v) is 2.44. The van der Waals surface area contributed by atoms with Gasteiger partial charge >= 0.3 is 0 Å². The second-order valence-corrected chi connectivity index (χ2v) is 4.80. The molecule has 0 heterocycles. The Morgan fingerprint density at radius 3 is 3.00 bits per heavy atom. The van der Waals surface area contributed by atoms with Crippen molar-refractivity contribution in [3.8, 4) is 0 Å². The first-order valence-electron chi connectivity index (χ1n) is 5.58. The summed E-state index contributed by atoms with van der Waals surface area (Å²) >= 11 is 6.05. The third kappa shape index (κ3) is 3.72. The second kappa shape index (κ2) is 5.70. The van der Waals surface area contributed by atoms with Crippen molar-refractivity contribution in [1.29, 1.82) is 0 Å². The summed E-state index contributed by atoms with van der Waals surface area (Å²) in [4.78, 5) is 0. The molecule has 0 saturated heterocycles. The van der Waals surface area contributed by atoms with E-state index in [9.17, 15) is 0 Å². The van der Waals surface area contributed by atoms with Crippen molar-refractivity contribution in [2.24, 2.45) is 11.8 Å². The molecule has 0 fully saturated rings. The van der Waals surface area contributed by atoms with Gasteiger partial charge in [-0.2, -0.15) is 0 Å². The molecule has 13 heavy (non-hydrogen) atoms. The van der Waals surface area contributed by atoms with Crippen LogP contribution in [-0.4, -0.2) is 0 Å². The molecule has 1 rings (SSSR count). The topological polar surface area (TPSA) is 0 Å². The van der Waals surface area contributed by atoms with Gasteiger partial charge in [-0.05, 0) is 31.1 Å². The predicted octanol–water partition coefficient (Wildman–Crippen LogP) is 4.74. The van der Waals surface area contributed by atoms with E-state index in [1.54, 1.807) is 0 Å². The highest BCUT2D eigenvalue weighted by molar-refractivity contribution is 6.29. The van der Waals surface area contributed by atoms with Crippen molar-refractivity contribution in [3.05, 3.63) is 11.1 Å². The van der Waals surface area contributed by atoms with Crippen LogP contribution in [0.15, 0.2) is 11.1 Å². The number of hydrogen-bond acceptors (Lipinski definition) is 0. The molecule has 0 amide bonds. The van der Waals surface area contributed by atoms with Crippen molar-refractivity contribution in [2.45, 2.75) is 52.4 Å². The molecule has 0 saturated carbocycles. The molecular weight excluding hydrogens is 180 g/mol. The summed E-state index contributed by atoms with van der Waals surface area (Å²) in [6.07, 6.45) is 9.93. The summed E-state index contributed by atoms with van der Waals surface area (Å²) < 4.78 is 0. The Balaban J connectivity index is 2.30. The molecular formula is C12H21Cl. The largest absolute Gasteiger partial charge is 0.0895 e. The minimum atomic E-state index is 0.851. The standard InChI is InChI=1S/C12H21Cl/c1-3-4-6-10(2)11-7-5-8-12(13)9-11/h8,10-11H,3-7,9H2,1-2H3. The first-order chi connectivity index (χ1) is 6.24. The van der Waals surface area contributed by atoms with Crippen LogP contribution in [0, 0.1) is 11.8 Å². The first kappa shape index (κ1) is 11.1. The van der Waals surface area contributed by atoms with Crippen LogP contribution in [0.3, 0.4) is 0 Å². The van der Waals surface area contributed by atoms with Gasteiger partial charge in [-0.1, -0.05) is 50.8 Å². The van der Waals surface area contributed by atoms with E-state index in [1.165, 1.54) is 32.1 Å². The van der Waals surface area contributed by atoms with Gasteiger partial charge in [0.15, 0.2) is 0 Å². The quantitative estimate of drug-likeness (QED) is 0.615. The highest BCUT2D eigenvalue weighted by Crippen LogP contribution is 2.33. The van der Waals surface area contributed by atoms with E-state index >= 15 is 0 Å². The monoisotopic (exact) mass is 200 g/mol. The first-order valence-corrected chi connectivity index (χ1v) is 5.96. The fraction of sp³-hybridized carbons (Fsp3) is 0.833. The fourth-order valence-electron chi connectivity index (χ4n) is 2.14. The summed E-state index contributed by atoms with van der Waals surface area (Å²) in [5.41, 5.74) is 0. The molecule has 1 aliphatic carbocycles. The molecule has 1 heteroatoms. The lowest BCUT2D eigenvalue weighted by molar-refractivity contribution is 0.305. The Morgan fingerprint density at radius 2 is 2.38 bits per heavy atom. The maximum atomic E-state index is 6.05. The van der Waals surface area contributed by atoms with E-state index in [-0.39, 0.29) is 0 Å². The third-order valence-corrected chi connectivity index (χ3v) is 3.49. The molecule has 0 aromatic heterocycles. The zero-order chi connectivity index (χ0) is 9.68. The Labute approximate surface area is 87.4 Å².